The molecule has 2 aromatic rings. The summed E-state index contributed by atoms with van der Waals surface area (Å²) in [6, 6.07) is 12.5. The van der Waals surface area contributed by atoms with Crippen LogP contribution in [0.25, 0.3) is 12.2 Å². The fourth-order valence-corrected chi connectivity index (χ4v) is 2.73. The van der Waals surface area contributed by atoms with Crippen molar-refractivity contribution in [2.45, 2.75) is 6.10 Å². The van der Waals surface area contributed by atoms with E-state index >= 15 is 0 Å². The lowest BCUT2D eigenvalue weighted by molar-refractivity contribution is -0.858. The van der Waals surface area contributed by atoms with Crippen LogP contribution in [0.3, 0.4) is 0 Å². The number of carboxylic acid groups (broad SMARTS) is 2. The van der Waals surface area contributed by atoms with Gasteiger partial charge in [0.2, 0.25) is 0 Å². The average molecular weight is 396 g/mol. The fraction of sp³-hybridized carbons (Fsp3) is 0.227. The van der Waals surface area contributed by atoms with E-state index in [0.717, 1.165) is 24.4 Å². The van der Waals surface area contributed by atoms with Gasteiger partial charge in [0, 0.05) is 17.8 Å². The highest BCUT2D eigenvalue weighted by atomic mass is 16.5. The van der Waals surface area contributed by atoms with Gasteiger partial charge >= 0.3 is 5.97 Å². The molecule has 1 aliphatic carbocycles. The molecule has 0 spiro atoms. The third-order valence-electron chi connectivity index (χ3n) is 4.10. The minimum absolute atomic E-state index is 0.0424. The second kappa shape index (κ2) is 10.9. The van der Waals surface area contributed by atoms with E-state index in [2.05, 4.69) is 61.6 Å². The van der Waals surface area contributed by atoms with Crippen molar-refractivity contribution in [3.8, 4) is 0 Å². The van der Waals surface area contributed by atoms with E-state index in [0.29, 0.717) is 12.2 Å². The number of hydrogen-bond donors (Lipinski definition) is 2. The van der Waals surface area contributed by atoms with Gasteiger partial charge in [-0.05, 0) is 29.3 Å². The van der Waals surface area contributed by atoms with Crippen LogP contribution in [0.5, 0.6) is 0 Å². The Bertz CT molecular complexity index is 840. The normalized spacial score (nSPS) is 14.5. The van der Waals surface area contributed by atoms with Crippen LogP contribution in [0.4, 0.5) is 0 Å². The first kappa shape index (κ1) is 22.0. The topological polar surface area (TPSA) is 104 Å². The number of carboxylic acids is 2. The molecule has 1 aromatic heterocycles. The van der Waals surface area contributed by atoms with Crippen molar-refractivity contribution in [3.63, 3.8) is 0 Å². The molecule has 0 bridgehead atoms. The first-order chi connectivity index (χ1) is 13.9. The molecule has 1 aliphatic rings. The molecular formula is C22H24N2O5. The summed E-state index contributed by atoms with van der Waals surface area (Å²) in [5.74, 6) is -2.80. The van der Waals surface area contributed by atoms with Gasteiger partial charge in [0.15, 0.2) is 0 Å². The number of nitrogens with zero attached hydrogens (tertiary/aromatic N) is 1. The van der Waals surface area contributed by atoms with Crippen LogP contribution in [0.2, 0.25) is 0 Å². The molecule has 0 aliphatic heterocycles. The van der Waals surface area contributed by atoms with E-state index in [-0.39, 0.29) is 6.10 Å². The number of rotatable bonds is 6. The maximum atomic E-state index is 9.53. The van der Waals surface area contributed by atoms with Gasteiger partial charge in [-0.1, -0.05) is 36.4 Å². The highest BCUT2D eigenvalue weighted by Gasteiger charge is 2.22. The fourth-order valence-electron chi connectivity index (χ4n) is 2.73. The number of carbonyl (C=O) groups excluding carboxylic acids is 1. The number of aliphatic carboxylic acids is 2. The Morgan fingerprint density at radius 1 is 1.14 bits per heavy atom. The van der Waals surface area contributed by atoms with Crippen LogP contribution in [-0.2, 0) is 14.3 Å². The van der Waals surface area contributed by atoms with Gasteiger partial charge in [0.1, 0.15) is 12.6 Å². The number of aromatic nitrogens is 1. The zero-order valence-electron chi connectivity index (χ0n) is 16.4. The third kappa shape index (κ3) is 6.99. The monoisotopic (exact) mass is 396 g/mol. The summed E-state index contributed by atoms with van der Waals surface area (Å²) < 4.78 is 6.23. The lowest BCUT2D eigenvalue weighted by Gasteiger charge is -2.21. The Labute approximate surface area is 169 Å². The minimum atomic E-state index is -1.51. The number of fused-ring (bicyclic) bond motifs is 2. The van der Waals surface area contributed by atoms with E-state index in [4.69, 9.17) is 9.84 Å². The smallest absolute Gasteiger partial charge is 0.328 e. The van der Waals surface area contributed by atoms with Crippen LogP contribution in [0, 0.1) is 0 Å². The van der Waals surface area contributed by atoms with E-state index < -0.39 is 11.9 Å². The zero-order chi connectivity index (χ0) is 21.2. The van der Waals surface area contributed by atoms with Crippen molar-refractivity contribution in [1.29, 1.82) is 0 Å². The van der Waals surface area contributed by atoms with Crippen LogP contribution in [-0.4, -0.2) is 49.3 Å². The molecule has 1 heterocycles. The highest BCUT2D eigenvalue weighted by Crippen LogP contribution is 2.34. The first-order valence-corrected chi connectivity index (χ1v) is 9.13. The molecule has 1 atom stereocenters. The zero-order valence-corrected chi connectivity index (χ0v) is 16.4. The molecule has 0 saturated heterocycles. The lowest BCUT2D eigenvalue weighted by Crippen LogP contribution is -3.06. The maximum Gasteiger partial charge on any atom is 0.328 e. The molecule has 3 rings (SSSR count). The van der Waals surface area contributed by atoms with Gasteiger partial charge in [-0.15, -0.1) is 0 Å². The molecule has 2 N–H and O–H groups in total. The molecule has 1 aromatic carbocycles. The standard InChI is InChI=1S/C18H20N2O.C4H4O4/c1-20(2)12-13-21-18-15-7-4-3-6-14(15)9-10-17-16(18)8-5-11-19-17;5-3(6)1-2-4(7)8/h3-11,18H,12-13H2,1-2H3;1-2H,(H,5,6)(H,7,8)/b;2-1-. The number of carbonyl (C=O) groups is 2. The molecule has 7 nitrogen and oxygen atoms in total. The van der Waals surface area contributed by atoms with Crippen LogP contribution in [0.1, 0.15) is 28.5 Å². The van der Waals surface area contributed by atoms with Gasteiger partial charge in [-0.3, -0.25) is 4.98 Å². The average Bonchev–Trinajstić information content (AvgIpc) is 2.84. The number of ether oxygens (including phenoxy) is 1. The largest absolute Gasteiger partial charge is 0.545 e. The van der Waals surface area contributed by atoms with Gasteiger partial charge in [-0.25, -0.2) is 4.79 Å². The van der Waals surface area contributed by atoms with Crippen molar-refractivity contribution in [2.75, 3.05) is 27.2 Å². The van der Waals surface area contributed by atoms with Crippen LogP contribution >= 0.6 is 0 Å². The number of likely N-dealkylation sites (N-methyl/N-ethyl adjacent to an activating group) is 1. The van der Waals surface area contributed by atoms with E-state index in [9.17, 15) is 14.7 Å². The molecule has 152 valence electrons. The van der Waals surface area contributed by atoms with Crippen molar-refractivity contribution in [3.05, 3.63) is 77.1 Å². The Morgan fingerprint density at radius 2 is 1.86 bits per heavy atom. The van der Waals surface area contributed by atoms with E-state index in [1.165, 1.54) is 16.0 Å². The number of benzene rings is 1. The quantitative estimate of drug-likeness (QED) is 0.676. The van der Waals surface area contributed by atoms with E-state index in [1.54, 1.807) is 0 Å². The van der Waals surface area contributed by atoms with Gasteiger partial charge in [0.25, 0.3) is 0 Å². The number of quaternary nitrogens is 1. The van der Waals surface area contributed by atoms with Gasteiger partial charge in [-0.2, -0.15) is 0 Å². The molecule has 7 heteroatoms. The van der Waals surface area contributed by atoms with Crippen molar-refractivity contribution in [1.82, 2.24) is 4.98 Å². The predicted molar refractivity (Wildman–Crippen MR) is 107 cm³/mol. The second-order valence-electron chi connectivity index (χ2n) is 6.64. The summed E-state index contributed by atoms with van der Waals surface area (Å²) >= 11 is 0. The Morgan fingerprint density at radius 3 is 2.52 bits per heavy atom. The summed E-state index contributed by atoms with van der Waals surface area (Å²) in [7, 11) is 4.28. The SMILES string of the molecule is C[NH+](C)CCOC1c2ccccc2C=Cc2ncccc21.O=C([O-])/C=C\C(=O)O. The molecular weight excluding hydrogens is 372 g/mol. The molecule has 0 radical (unpaired) electrons. The van der Waals surface area contributed by atoms with E-state index in [1.807, 2.05) is 12.3 Å². The lowest BCUT2D eigenvalue weighted by atomic mass is 9.98. The summed E-state index contributed by atoms with van der Waals surface area (Å²) in [6.45, 7) is 1.72. The summed E-state index contributed by atoms with van der Waals surface area (Å²) in [5, 5.41) is 17.2. The molecule has 0 saturated carbocycles. The summed E-state index contributed by atoms with van der Waals surface area (Å²) in [5.41, 5.74) is 4.57. The molecule has 29 heavy (non-hydrogen) atoms. The van der Waals surface area contributed by atoms with Crippen LogP contribution in [0.15, 0.2) is 54.7 Å². The van der Waals surface area contributed by atoms with Crippen LogP contribution < -0.4 is 10.0 Å². The number of hydrogen-bond acceptors (Lipinski definition) is 5. The Balaban J connectivity index is 0.000000321. The Kier molecular flexibility index (Phi) is 8.27. The highest BCUT2D eigenvalue weighted by molar-refractivity contribution is 5.88. The third-order valence-corrected chi connectivity index (χ3v) is 4.10. The Hall–Kier alpha value is -3.29. The van der Waals surface area contributed by atoms with Gasteiger partial charge < -0.3 is 24.6 Å². The van der Waals surface area contributed by atoms with Crippen molar-refractivity contribution < 1.29 is 29.4 Å². The minimum Gasteiger partial charge on any atom is -0.545 e. The summed E-state index contributed by atoms with van der Waals surface area (Å²) in [6.07, 6.45) is 6.94. The predicted octanol–water partition coefficient (Wildman–Crippen LogP) is 0.193. The first-order valence-electron chi connectivity index (χ1n) is 9.13. The molecule has 0 fully saturated rings. The summed E-state index contributed by atoms with van der Waals surface area (Å²) in [4.78, 5) is 24.8. The maximum absolute atomic E-state index is 9.53. The number of nitrogens with one attached hydrogen (secondary N) is 1. The van der Waals surface area contributed by atoms with Crippen molar-refractivity contribution in [2.24, 2.45) is 0 Å². The number of pyridine rings is 1. The molecule has 1 unspecified atom stereocenters. The van der Waals surface area contributed by atoms with Gasteiger partial charge in [0.05, 0.1) is 32.4 Å². The molecule has 0 amide bonds. The second-order valence-corrected chi connectivity index (χ2v) is 6.64. The van der Waals surface area contributed by atoms with Crippen molar-refractivity contribution >= 4 is 24.1 Å².